The van der Waals surface area contributed by atoms with E-state index >= 15 is 0 Å². The maximum atomic E-state index is 12.3. The summed E-state index contributed by atoms with van der Waals surface area (Å²) < 4.78 is 37.3. The summed E-state index contributed by atoms with van der Waals surface area (Å²) in [6.07, 6.45) is 1.39. The van der Waals surface area contributed by atoms with Crippen molar-refractivity contribution in [1.82, 2.24) is 4.90 Å². The summed E-state index contributed by atoms with van der Waals surface area (Å²) in [5.74, 6) is -0.0951. The minimum atomic E-state index is -3.65. The van der Waals surface area contributed by atoms with Gasteiger partial charge in [-0.3, -0.25) is 9.08 Å². The Morgan fingerprint density at radius 3 is 1.67 bits per heavy atom. The molecule has 5 rings (SSSR count). The first-order valence-electron chi connectivity index (χ1n) is 13.4. The Bertz CT molecular complexity index is 1320. The molecule has 1 fully saturated rings. The summed E-state index contributed by atoms with van der Waals surface area (Å²) in [7, 11) is -3.65. The number of hydrogen-bond donors (Lipinski definition) is 0. The van der Waals surface area contributed by atoms with E-state index in [1.54, 1.807) is 0 Å². The smallest absolute Gasteiger partial charge is 0.264 e. The second kappa shape index (κ2) is 12.3. The van der Waals surface area contributed by atoms with Crippen molar-refractivity contribution >= 4 is 10.1 Å². The van der Waals surface area contributed by atoms with Crippen molar-refractivity contribution in [1.29, 1.82) is 0 Å². The largest absolute Gasteiger partial charge is 0.360 e. The molecule has 0 radical (unpaired) electrons. The molecule has 0 aromatic heterocycles. The monoisotopic (exact) mass is 541 g/mol. The van der Waals surface area contributed by atoms with Crippen LogP contribution in [0.4, 0.5) is 0 Å². The number of rotatable bonds is 10. The summed E-state index contributed by atoms with van der Waals surface area (Å²) in [5, 5.41) is 0. The van der Waals surface area contributed by atoms with Crippen LogP contribution in [-0.4, -0.2) is 45.4 Å². The van der Waals surface area contributed by atoms with Crippen molar-refractivity contribution in [3.63, 3.8) is 0 Å². The lowest BCUT2D eigenvalue weighted by molar-refractivity contribution is -0.0547. The third kappa shape index (κ3) is 6.65. The van der Waals surface area contributed by atoms with Crippen molar-refractivity contribution in [3.05, 3.63) is 144 Å². The quantitative estimate of drug-likeness (QED) is 0.186. The maximum absolute atomic E-state index is 12.3. The van der Waals surface area contributed by atoms with Gasteiger partial charge in [-0.25, -0.2) is 0 Å². The van der Waals surface area contributed by atoms with E-state index in [4.69, 9.17) is 8.92 Å². The van der Waals surface area contributed by atoms with E-state index in [0.29, 0.717) is 13.2 Å². The minimum Gasteiger partial charge on any atom is -0.360 e. The fourth-order valence-corrected chi connectivity index (χ4v) is 6.21. The van der Waals surface area contributed by atoms with Crippen LogP contribution in [0.2, 0.25) is 0 Å². The third-order valence-corrected chi connectivity index (χ3v) is 7.98. The third-order valence-electron chi connectivity index (χ3n) is 7.38. The second-order valence-electron chi connectivity index (χ2n) is 10.2. The average Bonchev–Trinajstić information content (AvgIpc) is 2.96. The molecule has 0 bridgehead atoms. The van der Waals surface area contributed by atoms with Crippen LogP contribution in [-0.2, 0) is 31.2 Å². The first-order valence-corrected chi connectivity index (χ1v) is 15.2. The first kappa shape index (κ1) is 27.3. The SMILES string of the molecule is CS(=O)(=O)O[C@@H]1CN(Cc2ccccc2)CC[C@@H]1COC(c1ccccc1)(c1ccccc1)c1ccccc1. The van der Waals surface area contributed by atoms with Gasteiger partial charge in [-0.15, -0.1) is 0 Å². The van der Waals surface area contributed by atoms with Crippen molar-refractivity contribution < 1.29 is 17.3 Å². The molecule has 39 heavy (non-hydrogen) atoms. The predicted molar refractivity (Wildman–Crippen MR) is 155 cm³/mol. The van der Waals surface area contributed by atoms with Gasteiger partial charge in [0, 0.05) is 19.0 Å². The van der Waals surface area contributed by atoms with Gasteiger partial charge in [0.15, 0.2) is 0 Å². The lowest BCUT2D eigenvalue weighted by Gasteiger charge is -2.41. The molecule has 0 aliphatic carbocycles. The highest BCUT2D eigenvalue weighted by Gasteiger charge is 2.40. The topological polar surface area (TPSA) is 55.8 Å². The molecule has 1 aliphatic rings. The first-order chi connectivity index (χ1) is 18.9. The van der Waals surface area contributed by atoms with E-state index in [9.17, 15) is 8.42 Å². The van der Waals surface area contributed by atoms with E-state index in [1.807, 2.05) is 72.8 Å². The predicted octanol–water partition coefficient (Wildman–Crippen LogP) is 5.86. The Morgan fingerprint density at radius 1 is 0.744 bits per heavy atom. The summed E-state index contributed by atoms with van der Waals surface area (Å²) in [6.45, 7) is 2.45. The Hall–Kier alpha value is -3.29. The number of nitrogens with zero attached hydrogens (tertiary/aromatic N) is 1. The van der Waals surface area contributed by atoms with E-state index in [2.05, 4.69) is 53.4 Å². The fourth-order valence-electron chi connectivity index (χ4n) is 5.54. The van der Waals surface area contributed by atoms with E-state index < -0.39 is 21.8 Å². The van der Waals surface area contributed by atoms with Gasteiger partial charge in [-0.2, -0.15) is 8.42 Å². The summed E-state index contributed by atoms with van der Waals surface area (Å²) >= 11 is 0. The molecule has 5 nitrogen and oxygen atoms in total. The molecule has 4 aromatic rings. The number of benzene rings is 4. The normalized spacial score (nSPS) is 18.6. The van der Waals surface area contributed by atoms with Gasteiger partial charge in [0.25, 0.3) is 10.1 Å². The van der Waals surface area contributed by atoms with E-state index in [1.165, 1.54) is 5.56 Å². The molecule has 6 heteroatoms. The van der Waals surface area contributed by atoms with Crippen molar-refractivity contribution in [3.8, 4) is 0 Å². The van der Waals surface area contributed by atoms with Crippen LogP contribution in [0.3, 0.4) is 0 Å². The standard InChI is InChI=1S/C33H35NO4S/c1-39(35,36)38-32-25-34(24-27-14-6-2-7-15-27)23-22-28(32)26-37-33(29-16-8-3-9-17-29,30-18-10-4-11-19-30)31-20-12-5-13-21-31/h2-21,28,32H,22-26H2,1H3/t28-,32-/m1/s1. The second-order valence-corrected chi connectivity index (χ2v) is 11.8. The Balaban J connectivity index is 1.46. The van der Waals surface area contributed by atoms with Gasteiger partial charge >= 0.3 is 0 Å². The molecule has 0 saturated carbocycles. The zero-order valence-corrected chi connectivity index (χ0v) is 23.0. The van der Waals surface area contributed by atoms with Crippen LogP contribution in [0.15, 0.2) is 121 Å². The van der Waals surface area contributed by atoms with E-state index in [0.717, 1.165) is 42.5 Å². The molecule has 0 N–H and O–H groups in total. The Morgan fingerprint density at radius 2 is 1.21 bits per heavy atom. The number of likely N-dealkylation sites (tertiary alicyclic amines) is 1. The van der Waals surface area contributed by atoms with Gasteiger partial charge < -0.3 is 4.74 Å². The lowest BCUT2D eigenvalue weighted by Crippen LogP contribution is -2.48. The van der Waals surface area contributed by atoms with Crippen molar-refractivity contribution in [2.45, 2.75) is 24.7 Å². The number of hydrogen-bond acceptors (Lipinski definition) is 5. The van der Waals surface area contributed by atoms with Crippen LogP contribution in [0.25, 0.3) is 0 Å². The summed E-state index contributed by atoms with van der Waals surface area (Å²) in [6, 6.07) is 40.9. The number of piperidine rings is 1. The zero-order valence-electron chi connectivity index (χ0n) is 22.2. The summed E-state index contributed by atoms with van der Waals surface area (Å²) in [5.41, 5.74) is 3.39. The van der Waals surface area contributed by atoms with Gasteiger partial charge in [0.05, 0.1) is 19.0 Å². The molecule has 4 aromatic carbocycles. The molecule has 1 heterocycles. The lowest BCUT2D eigenvalue weighted by atomic mass is 9.80. The fraction of sp³-hybridized carbons (Fsp3) is 0.273. The van der Waals surface area contributed by atoms with Gasteiger partial charge in [0.1, 0.15) is 5.60 Å². The highest BCUT2D eigenvalue weighted by molar-refractivity contribution is 7.86. The van der Waals surface area contributed by atoms with Gasteiger partial charge in [0.2, 0.25) is 0 Å². The van der Waals surface area contributed by atoms with Crippen LogP contribution < -0.4 is 0 Å². The molecular formula is C33H35NO4S. The molecule has 0 amide bonds. The van der Waals surface area contributed by atoms with Gasteiger partial charge in [-0.1, -0.05) is 121 Å². The molecule has 0 unspecified atom stereocenters. The molecule has 0 spiro atoms. The molecule has 1 aliphatic heterocycles. The molecular weight excluding hydrogens is 506 g/mol. The minimum absolute atomic E-state index is 0.0951. The molecule has 1 saturated heterocycles. The number of ether oxygens (including phenoxy) is 1. The molecule has 2 atom stereocenters. The maximum Gasteiger partial charge on any atom is 0.264 e. The van der Waals surface area contributed by atoms with Crippen LogP contribution in [0.5, 0.6) is 0 Å². The zero-order chi connectivity index (χ0) is 27.1. The Labute approximate surface area is 232 Å². The van der Waals surface area contributed by atoms with Gasteiger partial charge in [-0.05, 0) is 35.2 Å². The Kier molecular flexibility index (Phi) is 8.58. The highest BCUT2D eigenvalue weighted by Crippen LogP contribution is 2.41. The van der Waals surface area contributed by atoms with E-state index in [-0.39, 0.29) is 5.92 Å². The van der Waals surface area contributed by atoms with Crippen LogP contribution in [0.1, 0.15) is 28.7 Å². The van der Waals surface area contributed by atoms with Crippen LogP contribution in [0, 0.1) is 5.92 Å². The van der Waals surface area contributed by atoms with Crippen molar-refractivity contribution in [2.75, 3.05) is 26.0 Å². The molecule has 202 valence electrons. The van der Waals surface area contributed by atoms with Crippen LogP contribution >= 0.6 is 0 Å². The summed E-state index contributed by atoms with van der Waals surface area (Å²) in [4.78, 5) is 2.26. The highest BCUT2D eigenvalue weighted by atomic mass is 32.2. The van der Waals surface area contributed by atoms with Crippen molar-refractivity contribution in [2.24, 2.45) is 5.92 Å². The average molecular weight is 542 g/mol.